The van der Waals surface area contributed by atoms with Gasteiger partial charge in [-0.05, 0) is 35.5 Å². The van der Waals surface area contributed by atoms with E-state index >= 15 is 0 Å². The second kappa shape index (κ2) is 10.8. The van der Waals surface area contributed by atoms with E-state index in [1.165, 1.54) is 33.7 Å². The molecule has 0 aromatic heterocycles. The number of aliphatic imine (C=N–C) groups is 2. The van der Waals surface area contributed by atoms with Gasteiger partial charge in [0.2, 0.25) is 0 Å². The van der Waals surface area contributed by atoms with E-state index < -0.39 is 0 Å². The molecule has 8 atom stereocenters. The van der Waals surface area contributed by atoms with Crippen molar-refractivity contribution in [3.63, 3.8) is 0 Å². The van der Waals surface area contributed by atoms with Crippen molar-refractivity contribution in [3.8, 4) is 0 Å². The third kappa shape index (κ3) is 4.29. The zero-order valence-electron chi connectivity index (χ0n) is 23.1. The largest absolute Gasteiger partial charge is 1.00 e. The second-order valence-electron chi connectivity index (χ2n) is 12.3. The highest BCUT2D eigenvalue weighted by atomic mass is 79.9. The first-order valence-corrected chi connectivity index (χ1v) is 14.7. The highest BCUT2D eigenvalue weighted by molar-refractivity contribution is 5.85. The predicted octanol–water partition coefficient (Wildman–Crippen LogP) is -0.609. The van der Waals surface area contributed by atoms with Gasteiger partial charge in [-0.25, -0.2) is 9.15 Å². The Morgan fingerprint density at radius 1 is 0.524 bits per heavy atom. The Labute approximate surface area is 268 Å². The fraction of sp³-hybridized carbons (Fsp3) is 0.278. The Bertz CT molecular complexity index is 1570. The molecule has 8 unspecified atom stereocenters. The topological polar surface area (TPSA) is 30.7 Å². The average molecular weight is 680 g/mol. The SMILES string of the molecule is C1=CC2C=[N+](Cc3ccc(C[N+]4=CC5C=CC=C6N=CC7=CC=CC4C7C65)cc3)C3C=CC=C4C=NC(=C1)C2C43.[Br-].[Br-]. The summed E-state index contributed by atoms with van der Waals surface area (Å²) in [5.41, 5.74) is 7.95. The molecule has 8 aliphatic rings. The van der Waals surface area contributed by atoms with Gasteiger partial charge in [0.25, 0.3) is 0 Å². The zero-order chi connectivity index (χ0) is 26.2. The van der Waals surface area contributed by atoms with E-state index in [0.717, 1.165) is 13.1 Å². The van der Waals surface area contributed by atoms with Crippen LogP contribution in [0.1, 0.15) is 11.1 Å². The highest BCUT2D eigenvalue weighted by Gasteiger charge is 2.50. The number of nitrogens with zero attached hydrogens (tertiary/aromatic N) is 4. The Morgan fingerprint density at radius 3 is 1.40 bits per heavy atom. The first kappa shape index (κ1) is 27.6. The molecule has 1 aromatic carbocycles. The van der Waals surface area contributed by atoms with E-state index in [9.17, 15) is 0 Å². The molecule has 0 saturated carbocycles. The molecule has 4 aliphatic heterocycles. The number of hydrogen-bond donors (Lipinski definition) is 0. The van der Waals surface area contributed by atoms with Gasteiger partial charge >= 0.3 is 0 Å². The summed E-state index contributed by atoms with van der Waals surface area (Å²) in [5, 5.41) is 0. The minimum atomic E-state index is 0. The van der Waals surface area contributed by atoms with Crippen LogP contribution in [0.3, 0.4) is 0 Å². The average Bonchev–Trinajstić information content (AvgIpc) is 3.00. The molecule has 0 bridgehead atoms. The lowest BCUT2D eigenvalue weighted by molar-refractivity contribution is -0.581. The van der Waals surface area contributed by atoms with Crippen molar-refractivity contribution in [1.29, 1.82) is 0 Å². The van der Waals surface area contributed by atoms with Gasteiger partial charge in [0.05, 0.1) is 23.7 Å². The van der Waals surface area contributed by atoms with Crippen molar-refractivity contribution in [2.45, 2.75) is 25.2 Å². The number of halogens is 2. The summed E-state index contributed by atoms with van der Waals surface area (Å²) in [7, 11) is 0. The van der Waals surface area contributed by atoms with E-state index in [-0.39, 0.29) is 34.0 Å². The summed E-state index contributed by atoms with van der Waals surface area (Å²) in [5.74, 6) is 2.68. The summed E-state index contributed by atoms with van der Waals surface area (Å²) in [6.07, 6.45) is 36.3. The summed E-state index contributed by atoms with van der Waals surface area (Å²) >= 11 is 0. The van der Waals surface area contributed by atoms with E-state index in [1.807, 2.05) is 0 Å². The minimum Gasteiger partial charge on any atom is -1.00 e. The second-order valence-corrected chi connectivity index (χ2v) is 12.3. The molecule has 4 heterocycles. The van der Waals surface area contributed by atoms with Crippen molar-refractivity contribution in [2.75, 3.05) is 0 Å². The Balaban J connectivity index is 0.00000144. The van der Waals surface area contributed by atoms with E-state index in [4.69, 9.17) is 9.98 Å². The first-order valence-electron chi connectivity index (χ1n) is 14.7. The van der Waals surface area contributed by atoms with E-state index in [1.54, 1.807) is 0 Å². The van der Waals surface area contributed by atoms with Crippen LogP contribution in [-0.4, -0.2) is 46.1 Å². The van der Waals surface area contributed by atoms with Gasteiger partial charge in [0.15, 0.2) is 25.2 Å². The molecule has 1 aromatic rings. The fourth-order valence-electron chi connectivity index (χ4n) is 8.39. The predicted molar refractivity (Wildman–Crippen MR) is 161 cm³/mol. The van der Waals surface area contributed by atoms with Crippen LogP contribution in [0.15, 0.2) is 130 Å². The van der Waals surface area contributed by atoms with Crippen LogP contribution in [-0.2, 0) is 13.1 Å². The summed E-state index contributed by atoms with van der Waals surface area (Å²) < 4.78 is 5.14. The highest BCUT2D eigenvalue weighted by Crippen LogP contribution is 2.46. The van der Waals surface area contributed by atoms with Crippen LogP contribution in [0.4, 0.5) is 0 Å². The molecule has 0 fully saturated rings. The van der Waals surface area contributed by atoms with Gasteiger partial charge in [-0.15, -0.1) is 0 Å². The first-order chi connectivity index (χ1) is 19.8. The van der Waals surface area contributed by atoms with Crippen LogP contribution in [0.2, 0.25) is 0 Å². The zero-order valence-corrected chi connectivity index (χ0v) is 26.3. The molecule has 4 aliphatic carbocycles. The molecule has 0 spiro atoms. The Morgan fingerprint density at radius 2 is 0.952 bits per heavy atom. The van der Waals surface area contributed by atoms with Crippen molar-refractivity contribution in [2.24, 2.45) is 45.5 Å². The molecular formula is C36H32Br2N4. The van der Waals surface area contributed by atoms with Gasteiger partial charge in [-0.3, -0.25) is 9.98 Å². The third-order valence-corrected chi connectivity index (χ3v) is 10.2. The van der Waals surface area contributed by atoms with E-state index in [2.05, 4.69) is 131 Å². The quantitative estimate of drug-likeness (QED) is 0.381. The Hall–Kier alpha value is -3.22. The summed E-state index contributed by atoms with van der Waals surface area (Å²) in [4.78, 5) is 9.59. The van der Waals surface area contributed by atoms with Crippen molar-refractivity contribution >= 4 is 24.9 Å². The molecule has 0 N–H and O–H groups in total. The van der Waals surface area contributed by atoms with Gasteiger partial charge in [0, 0.05) is 46.8 Å². The maximum absolute atomic E-state index is 4.80. The molecule has 210 valence electrons. The lowest BCUT2D eigenvalue weighted by Crippen LogP contribution is -3.00. The van der Waals surface area contributed by atoms with Crippen LogP contribution in [0.5, 0.6) is 0 Å². The molecule has 0 amide bonds. The molecule has 0 radical (unpaired) electrons. The van der Waals surface area contributed by atoms with Crippen molar-refractivity contribution in [3.05, 3.63) is 131 Å². The maximum atomic E-state index is 4.80. The number of benzene rings is 1. The summed E-state index contributed by atoms with van der Waals surface area (Å²) in [6.45, 7) is 1.85. The van der Waals surface area contributed by atoms with Gasteiger partial charge in [0.1, 0.15) is 12.4 Å². The van der Waals surface area contributed by atoms with Crippen molar-refractivity contribution in [1.82, 2.24) is 0 Å². The van der Waals surface area contributed by atoms with Crippen LogP contribution >= 0.6 is 0 Å². The molecule has 0 saturated heterocycles. The fourth-order valence-corrected chi connectivity index (χ4v) is 8.39. The standard InChI is InChI=1S/C36H32N4.2BrH/c1-7-27-21-39(31-11-3-5-25-17-37-29(9-1)33(27)35(25)31)19-23-13-15-24(16-14-23)20-40-22-28-8-2-10-30-34(28)36-26(18-38-30)6-4-12-32(36)40;;/h1-18,21-22,27-28,31-36H,19-20H2;2*1H/q+2;;/p-2. The van der Waals surface area contributed by atoms with Crippen LogP contribution in [0.25, 0.3) is 0 Å². The number of allylic oxidation sites excluding steroid dienone is 12. The molecule has 42 heavy (non-hydrogen) atoms. The monoisotopic (exact) mass is 678 g/mol. The lowest BCUT2D eigenvalue weighted by Gasteiger charge is -2.42. The summed E-state index contributed by atoms with van der Waals surface area (Å²) in [6, 6.07) is 10.1. The van der Waals surface area contributed by atoms with Gasteiger partial charge in [-0.2, -0.15) is 0 Å². The molecule has 9 rings (SSSR count). The molecule has 4 nitrogen and oxygen atoms in total. The van der Waals surface area contributed by atoms with E-state index in [0.29, 0.717) is 47.6 Å². The smallest absolute Gasteiger partial charge is 0.179 e. The minimum absolute atomic E-state index is 0. The van der Waals surface area contributed by atoms with Crippen LogP contribution in [0, 0.1) is 35.5 Å². The van der Waals surface area contributed by atoms with Crippen LogP contribution < -0.4 is 34.0 Å². The lowest BCUT2D eigenvalue weighted by atomic mass is 9.66. The molecular weight excluding hydrogens is 648 g/mol. The third-order valence-electron chi connectivity index (χ3n) is 10.2. The van der Waals surface area contributed by atoms with Crippen molar-refractivity contribution < 1.29 is 43.1 Å². The normalized spacial score (nSPS) is 34.8. The maximum Gasteiger partial charge on any atom is 0.179 e. The number of rotatable bonds is 4. The Kier molecular flexibility index (Phi) is 7.10. The van der Waals surface area contributed by atoms with Gasteiger partial charge < -0.3 is 34.0 Å². The van der Waals surface area contributed by atoms with Gasteiger partial charge in [-0.1, -0.05) is 72.9 Å². The molecule has 6 heteroatoms. The number of hydrogen-bond acceptors (Lipinski definition) is 2.